The highest BCUT2D eigenvalue weighted by Gasteiger charge is 2.35. The van der Waals surface area contributed by atoms with Crippen molar-refractivity contribution in [3.63, 3.8) is 0 Å². The van der Waals surface area contributed by atoms with Crippen LogP contribution in [0.3, 0.4) is 0 Å². The summed E-state index contributed by atoms with van der Waals surface area (Å²) in [5.41, 5.74) is 0.0578. The van der Waals surface area contributed by atoms with E-state index in [0.717, 1.165) is 0 Å². The number of anilines is 1. The lowest BCUT2D eigenvalue weighted by Crippen LogP contribution is -2.51. The number of ether oxygens (including phenoxy) is 3. The maximum atomic E-state index is 11.7. The summed E-state index contributed by atoms with van der Waals surface area (Å²) in [6, 6.07) is 0.0812. The monoisotopic (exact) mass is 285 g/mol. The number of methoxy groups -OCH3 is 1. The van der Waals surface area contributed by atoms with E-state index >= 15 is 0 Å². The highest BCUT2D eigenvalue weighted by molar-refractivity contribution is 6.28. The van der Waals surface area contributed by atoms with Gasteiger partial charge in [-0.2, -0.15) is 4.98 Å². The van der Waals surface area contributed by atoms with Crippen LogP contribution >= 0.6 is 11.6 Å². The van der Waals surface area contributed by atoms with Crippen molar-refractivity contribution in [3.8, 4) is 5.75 Å². The standard InChI is InChI=1S/C11H12ClN3O4/c1-17-10(16)7-8-9(14-11(12)13-7)15-2-3-18-4-6(15)5-19-8/h6H,2-5H2,1H3. The molecular formula is C11H12ClN3O4. The molecule has 0 radical (unpaired) electrons. The van der Waals surface area contributed by atoms with Gasteiger partial charge in [0.1, 0.15) is 6.61 Å². The SMILES string of the molecule is COC(=O)c1nc(Cl)nc2c1OCC1COCCN21. The number of morpholine rings is 1. The lowest BCUT2D eigenvalue weighted by atomic mass is 10.2. The van der Waals surface area contributed by atoms with Gasteiger partial charge in [0.2, 0.25) is 5.28 Å². The highest BCUT2D eigenvalue weighted by Crippen LogP contribution is 2.36. The first-order valence-corrected chi connectivity index (χ1v) is 6.21. The van der Waals surface area contributed by atoms with E-state index in [-0.39, 0.29) is 17.0 Å². The van der Waals surface area contributed by atoms with Crippen LogP contribution in [0.2, 0.25) is 5.28 Å². The number of hydrogen-bond acceptors (Lipinski definition) is 7. The first-order valence-electron chi connectivity index (χ1n) is 5.83. The Morgan fingerprint density at radius 1 is 1.47 bits per heavy atom. The van der Waals surface area contributed by atoms with E-state index < -0.39 is 5.97 Å². The van der Waals surface area contributed by atoms with Crippen molar-refractivity contribution in [2.45, 2.75) is 6.04 Å². The molecule has 0 bridgehead atoms. The molecule has 3 rings (SSSR count). The summed E-state index contributed by atoms with van der Waals surface area (Å²) in [6.07, 6.45) is 0. The first kappa shape index (κ1) is 12.4. The van der Waals surface area contributed by atoms with Crippen molar-refractivity contribution in [2.24, 2.45) is 0 Å². The van der Waals surface area contributed by atoms with Crippen molar-refractivity contribution in [2.75, 3.05) is 38.4 Å². The number of aromatic nitrogens is 2. The van der Waals surface area contributed by atoms with E-state index in [1.165, 1.54) is 7.11 Å². The van der Waals surface area contributed by atoms with Gasteiger partial charge in [0.05, 0.1) is 26.4 Å². The maximum Gasteiger partial charge on any atom is 0.360 e. The van der Waals surface area contributed by atoms with E-state index in [4.69, 9.17) is 21.1 Å². The summed E-state index contributed by atoms with van der Waals surface area (Å²) in [6.45, 7) is 2.26. The second kappa shape index (κ2) is 4.82. The van der Waals surface area contributed by atoms with Crippen LogP contribution in [-0.2, 0) is 9.47 Å². The van der Waals surface area contributed by atoms with Crippen LogP contribution in [-0.4, -0.2) is 55.5 Å². The van der Waals surface area contributed by atoms with Crippen LogP contribution < -0.4 is 9.64 Å². The van der Waals surface area contributed by atoms with E-state index in [1.807, 2.05) is 4.90 Å². The second-order valence-electron chi connectivity index (χ2n) is 4.22. The number of halogens is 1. The zero-order valence-electron chi connectivity index (χ0n) is 10.3. The molecule has 0 spiro atoms. The molecule has 102 valence electrons. The predicted molar refractivity (Wildman–Crippen MR) is 65.8 cm³/mol. The molecule has 1 unspecified atom stereocenters. The summed E-state index contributed by atoms with van der Waals surface area (Å²) < 4.78 is 15.7. The minimum atomic E-state index is -0.591. The fourth-order valence-electron chi connectivity index (χ4n) is 2.23. The normalized spacial score (nSPS) is 21.2. The van der Waals surface area contributed by atoms with Gasteiger partial charge >= 0.3 is 5.97 Å². The summed E-state index contributed by atoms with van der Waals surface area (Å²) in [7, 11) is 1.28. The van der Waals surface area contributed by atoms with E-state index in [2.05, 4.69) is 14.7 Å². The molecule has 1 aromatic rings. The molecular weight excluding hydrogens is 274 g/mol. The molecule has 1 fully saturated rings. The molecule has 1 aromatic heterocycles. The van der Waals surface area contributed by atoms with Gasteiger partial charge in [-0.25, -0.2) is 9.78 Å². The van der Waals surface area contributed by atoms with Crippen molar-refractivity contribution in [1.29, 1.82) is 0 Å². The van der Waals surface area contributed by atoms with E-state index in [0.29, 0.717) is 37.9 Å². The zero-order chi connectivity index (χ0) is 13.4. The molecule has 0 amide bonds. The lowest BCUT2D eigenvalue weighted by Gasteiger charge is -2.40. The summed E-state index contributed by atoms with van der Waals surface area (Å²) in [5, 5.41) is -0.00473. The summed E-state index contributed by atoms with van der Waals surface area (Å²) in [4.78, 5) is 21.8. The third-order valence-corrected chi connectivity index (χ3v) is 3.29. The number of fused-ring (bicyclic) bond motifs is 3. The molecule has 0 saturated carbocycles. The van der Waals surface area contributed by atoms with Gasteiger partial charge in [-0.1, -0.05) is 0 Å². The Kier molecular flexibility index (Phi) is 3.16. The Bertz CT molecular complexity index is 525. The van der Waals surface area contributed by atoms with Gasteiger partial charge in [-0.15, -0.1) is 0 Å². The molecule has 2 aliphatic heterocycles. The topological polar surface area (TPSA) is 73.8 Å². The second-order valence-corrected chi connectivity index (χ2v) is 4.56. The van der Waals surface area contributed by atoms with Crippen LogP contribution in [0.25, 0.3) is 0 Å². The number of carbonyl (C=O) groups excluding carboxylic acids is 1. The molecule has 3 heterocycles. The number of esters is 1. The quantitative estimate of drug-likeness (QED) is 0.550. The van der Waals surface area contributed by atoms with Gasteiger partial charge < -0.3 is 19.1 Å². The van der Waals surface area contributed by atoms with Crippen LogP contribution in [0.15, 0.2) is 0 Å². The van der Waals surface area contributed by atoms with Crippen molar-refractivity contribution in [1.82, 2.24) is 9.97 Å². The van der Waals surface area contributed by atoms with E-state index in [1.54, 1.807) is 0 Å². The van der Waals surface area contributed by atoms with Gasteiger partial charge in [-0.05, 0) is 11.6 Å². The van der Waals surface area contributed by atoms with Crippen molar-refractivity contribution < 1.29 is 19.0 Å². The zero-order valence-corrected chi connectivity index (χ0v) is 11.0. The number of rotatable bonds is 1. The fourth-order valence-corrected chi connectivity index (χ4v) is 2.39. The Balaban J connectivity index is 2.08. The number of nitrogens with zero attached hydrogens (tertiary/aromatic N) is 3. The smallest absolute Gasteiger partial charge is 0.360 e. The maximum absolute atomic E-state index is 11.7. The molecule has 0 aliphatic carbocycles. The van der Waals surface area contributed by atoms with Gasteiger partial charge in [0, 0.05) is 6.54 Å². The van der Waals surface area contributed by atoms with Crippen molar-refractivity contribution in [3.05, 3.63) is 11.0 Å². The Morgan fingerprint density at radius 2 is 2.32 bits per heavy atom. The van der Waals surface area contributed by atoms with Crippen LogP contribution in [0, 0.1) is 0 Å². The largest absolute Gasteiger partial charge is 0.485 e. The molecule has 0 N–H and O–H groups in total. The summed E-state index contributed by atoms with van der Waals surface area (Å²) in [5.74, 6) is 0.265. The molecule has 1 atom stereocenters. The van der Waals surface area contributed by atoms with Gasteiger partial charge in [0.25, 0.3) is 0 Å². The average Bonchev–Trinajstić information content (AvgIpc) is 2.45. The molecule has 8 heteroatoms. The molecule has 19 heavy (non-hydrogen) atoms. The molecule has 1 saturated heterocycles. The van der Waals surface area contributed by atoms with E-state index in [9.17, 15) is 4.79 Å². The number of carbonyl (C=O) groups is 1. The third kappa shape index (κ3) is 2.08. The Morgan fingerprint density at radius 3 is 3.11 bits per heavy atom. The van der Waals surface area contributed by atoms with Crippen LogP contribution in [0.1, 0.15) is 10.5 Å². The first-order chi connectivity index (χ1) is 9.20. The Hall–Kier alpha value is -1.60. The molecule has 2 aliphatic rings. The third-order valence-electron chi connectivity index (χ3n) is 3.12. The predicted octanol–water partition coefficient (Wildman–Crippen LogP) is 0.514. The highest BCUT2D eigenvalue weighted by atomic mass is 35.5. The fraction of sp³-hybridized carbons (Fsp3) is 0.545. The minimum Gasteiger partial charge on any atom is -0.485 e. The lowest BCUT2D eigenvalue weighted by molar-refractivity contribution is 0.0569. The Labute approximate surface area is 114 Å². The molecule has 0 aromatic carbocycles. The molecule has 7 nitrogen and oxygen atoms in total. The average molecular weight is 286 g/mol. The van der Waals surface area contributed by atoms with Crippen LogP contribution in [0.4, 0.5) is 5.82 Å². The van der Waals surface area contributed by atoms with Gasteiger partial charge in [-0.3, -0.25) is 0 Å². The minimum absolute atomic E-state index is 0.00473. The van der Waals surface area contributed by atoms with Gasteiger partial charge in [0.15, 0.2) is 17.3 Å². The van der Waals surface area contributed by atoms with Crippen molar-refractivity contribution >= 4 is 23.4 Å². The van der Waals surface area contributed by atoms with Crippen LogP contribution in [0.5, 0.6) is 5.75 Å². The summed E-state index contributed by atoms with van der Waals surface area (Å²) >= 11 is 5.87. The number of hydrogen-bond donors (Lipinski definition) is 0.